The highest BCUT2D eigenvalue weighted by molar-refractivity contribution is 6.11. The molecule has 5 nitrogen and oxygen atoms in total. The average Bonchev–Trinajstić information content (AvgIpc) is 2.65. The second kappa shape index (κ2) is 7.85. The Balaban J connectivity index is 2.11. The third-order valence-electron chi connectivity index (χ3n) is 5.02. The van der Waals surface area contributed by atoms with Gasteiger partial charge >= 0.3 is 5.97 Å². The minimum Gasteiger partial charge on any atom is -0.497 e. The maximum Gasteiger partial charge on any atom is 0.336 e. The van der Waals surface area contributed by atoms with Gasteiger partial charge in [0.2, 0.25) is 0 Å². The van der Waals surface area contributed by atoms with Gasteiger partial charge in [-0.15, -0.1) is 0 Å². The summed E-state index contributed by atoms with van der Waals surface area (Å²) in [6.07, 6.45) is 2.90. The Labute approximate surface area is 154 Å². The topological polar surface area (TPSA) is 65.0 Å². The number of nitrogens with zero attached hydrogens (tertiary/aromatic N) is 1. The normalized spacial score (nSPS) is 22.6. The highest BCUT2D eigenvalue weighted by Crippen LogP contribution is 2.43. The summed E-state index contributed by atoms with van der Waals surface area (Å²) in [5, 5.41) is 0. The number of benzene rings is 1. The molecular weight excluding hydrogens is 330 g/mol. The minimum atomic E-state index is -0.385. The van der Waals surface area contributed by atoms with Gasteiger partial charge in [-0.2, -0.15) is 0 Å². The molecule has 5 heteroatoms. The predicted octanol–water partition coefficient (Wildman–Crippen LogP) is 3.83. The fourth-order valence-corrected chi connectivity index (χ4v) is 3.85. The molecular formula is C21H25NO4. The van der Waals surface area contributed by atoms with Crippen LogP contribution in [0.3, 0.4) is 0 Å². The van der Waals surface area contributed by atoms with Gasteiger partial charge in [-0.25, -0.2) is 4.79 Å². The Morgan fingerprint density at radius 1 is 1.27 bits per heavy atom. The molecule has 138 valence electrons. The molecule has 26 heavy (non-hydrogen) atoms. The van der Waals surface area contributed by atoms with Crippen LogP contribution in [0.2, 0.25) is 0 Å². The molecule has 1 aromatic carbocycles. The molecule has 0 bridgehead atoms. The average molecular weight is 355 g/mol. The van der Waals surface area contributed by atoms with E-state index in [2.05, 4.69) is 4.99 Å². The van der Waals surface area contributed by atoms with Crippen molar-refractivity contribution in [3.63, 3.8) is 0 Å². The molecule has 0 unspecified atom stereocenters. The molecule has 1 saturated carbocycles. The summed E-state index contributed by atoms with van der Waals surface area (Å²) >= 11 is 0. The molecule has 0 amide bonds. The molecule has 1 fully saturated rings. The van der Waals surface area contributed by atoms with Crippen molar-refractivity contribution in [2.45, 2.75) is 45.4 Å². The Hall–Kier alpha value is -2.43. The molecule has 1 heterocycles. The zero-order valence-corrected chi connectivity index (χ0v) is 15.6. The quantitative estimate of drug-likeness (QED) is 0.753. The van der Waals surface area contributed by atoms with Crippen LogP contribution >= 0.6 is 0 Å². The highest BCUT2D eigenvalue weighted by atomic mass is 16.5. The molecule has 0 saturated heterocycles. The number of rotatable bonds is 5. The van der Waals surface area contributed by atoms with Crippen LogP contribution in [-0.4, -0.2) is 31.2 Å². The van der Waals surface area contributed by atoms with Crippen molar-refractivity contribution >= 4 is 17.5 Å². The molecule has 2 aliphatic rings. The molecule has 0 spiro atoms. The van der Waals surface area contributed by atoms with Crippen molar-refractivity contribution in [2.24, 2.45) is 10.9 Å². The summed E-state index contributed by atoms with van der Waals surface area (Å²) in [5.74, 6) is -0.276. The Morgan fingerprint density at radius 2 is 2.08 bits per heavy atom. The van der Waals surface area contributed by atoms with E-state index in [9.17, 15) is 9.59 Å². The van der Waals surface area contributed by atoms with Crippen LogP contribution in [0.5, 0.6) is 5.75 Å². The zero-order valence-electron chi connectivity index (χ0n) is 15.6. The standard InChI is InChI=1S/C21H25NO4/c1-4-11-26-21(24)18-13(2)22-16-9-6-10-17(23)20(16)19(18)14-7-5-8-15(12-14)25-3/h5,7-8,12,19-20H,4,6,9-11H2,1-3H3/t19-,20-/m0/s1. The molecule has 0 aromatic heterocycles. The number of methoxy groups -OCH3 is 1. The molecule has 2 atom stereocenters. The van der Waals surface area contributed by atoms with E-state index in [1.54, 1.807) is 7.11 Å². The smallest absolute Gasteiger partial charge is 0.336 e. The van der Waals surface area contributed by atoms with Gasteiger partial charge in [0.05, 0.1) is 25.2 Å². The summed E-state index contributed by atoms with van der Waals surface area (Å²) in [4.78, 5) is 30.2. The van der Waals surface area contributed by atoms with E-state index in [-0.39, 0.29) is 23.6 Å². The molecule has 1 aliphatic carbocycles. The Kier molecular flexibility index (Phi) is 5.55. The summed E-state index contributed by atoms with van der Waals surface area (Å²) in [6.45, 7) is 4.14. The number of Topliss-reactive ketones (excluding diaryl/α,β-unsaturated/α-hetero) is 1. The molecule has 1 aromatic rings. The van der Waals surface area contributed by atoms with E-state index in [0.29, 0.717) is 30.0 Å². The first-order valence-corrected chi connectivity index (χ1v) is 9.18. The molecule has 0 radical (unpaired) electrons. The number of ether oxygens (including phenoxy) is 2. The van der Waals surface area contributed by atoms with Gasteiger partial charge in [0.25, 0.3) is 0 Å². The highest BCUT2D eigenvalue weighted by Gasteiger charge is 2.43. The number of allylic oxidation sites excluding steroid dienone is 1. The van der Waals surface area contributed by atoms with Crippen LogP contribution < -0.4 is 4.74 Å². The number of fused-ring (bicyclic) bond motifs is 1. The van der Waals surface area contributed by atoms with E-state index in [1.807, 2.05) is 38.1 Å². The van der Waals surface area contributed by atoms with Gasteiger partial charge < -0.3 is 9.47 Å². The van der Waals surface area contributed by atoms with Gasteiger partial charge in [0, 0.05) is 23.7 Å². The maximum atomic E-state index is 12.8. The van der Waals surface area contributed by atoms with Crippen LogP contribution in [0.15, 0.2) is 40.5 Å². The fourth-order valence-electron chi connectivity index (χ4n) is 3.85. The van der Waals surface area contributed by atoms with E-state index in [0.717, 1.165) is 30.5 Å². The second-order valence-electron chi connectivity index (χ2n) is 6.79. The van der Waals surface area contributed by atoms with Gasteiger partial charge in [0.1, 0.15) is 11.5 Å². The number of carbonyl (C=O) groups is 2. The van der Waals surface area contributed by atoms with Crippen LogP contribution in [-0.2, 0) is 14.3 Å². The van der Waals surface area contributed by atoms with Crippen molar-refractivity contribution in [1.82, 2.24) is 0 Å². The summed E-state index contributed by atoms with van der Waals surface area (Å²) in [5.41, 5.74) is 2.92. The van der Waals surface area contributed by atoms with Crippen molar-refractivity contribution in [3.05, 3.63) is 41.1 Å². The van der Waals surface area contributed by atoms with Gasteiger partial charge in [-0.1, -0.05) is 19.1 Å². The number of carbonyl (C=O) groups excluding carboxylic acids is 2. The third-order valence-corrected chi connectivity index (χ3v) is 5.02. The third kappa shape index (κ3) is 3.43. The van der Waals surface area contributed by atoms with Crippen molar-refractivity contribution in [2.75, 3.05) is 13.7 Å². The van der Waals surface area contributed by atoms with Crippen molar-refractivity contribution in [3.8, 4) is 5.75 Å². The first-order chi connectivity index (χ1) is 12.6. The molecule has 1 aliphatic heterocycles. The summed E-state index contributed by atoms with van der Waals surface area (Å²) in [7, 11) is 1.61. The lowest BCUT2D eigenvalue weighted by Gasteiger charge is -2.35. The first kappa shape index (κ1) is 18.4. The van der Waals surface area contributed by atoms with E-state index >= 15 is 0 Å². The number of hydrogen-bond donors (Lipinski definition) is 0. The van der Waals surface area contributed by atoms with E-state index < -0.39 is 0 Å². The van der Waals surface area contributed by atoms with Crippen LogP contribution in [0.1, 0.15) is 51.0 Å². The lowest BCUT2D eigenvalue weighted by atomic mass is 9.69. The number of esters is 1. The Morgan fingerprint density at radius 3 is 2.81 bits per heavy atom. The predicted molar refractivity (Wildman–Crippen MR) is 99.5 cm³/mol. The zero-order chi connectivity index (χ0) is 18.7. The summed E-state index contributed by atoms with van der Waals surface area (Å²) < 4.78 is 10.8. The SMILES string of the molecule is CCCOC(=O)C1=C(C)N=C2CCCC(=O)[C@H]2[C@H]1c1cccc(OC)c1. The van der Waals surface area contributed by atoms with Crippen molar-refractivity contribution in [1.29, 1.82) is 0 Å². The van der Waals surface area contributed by atoms with E-state index in [1.165, 1.54) is 0 Å². The first-order valence-electron chi connectivity index (χ1n) is 9.18. The number of aliphatic imine (C=N–C) groups is 1. The largest absolute Gasteiger partial charge is 0.497 e. The van der Waals surface area contributed by atoms with Gasteiger partial charge in [-0.3, -0.25) is 9.79 Å². The second-order valence-corrected chi connectivity index (χ2v) is 6.79. The monoisotopic (exact) mass is 355 g/mol. The van der Waals surface area contributed by atoms with Crippen LogP contribution in [0, 0.1) is 5.92 Å². The van der Waals surface area contributed by atoms with E-state index in [4.69, 9.17) is 9.47 Å². The van der Waals surface area contributed by atoms with Crippen LogP contribution in [0.4, 0.5) is 0 Å². The van der Waals surface area contributed by atoms with Gasteiger partial charge in [0.15, 0.2) is 0 Å². The Bertz CT molecular complexity index is 778. The minimum absolute atomic E-state index is 0.149. The lowest BCUT2D eigenvalue weighted by molar-refractivity contribution is -0.139. The maximum absolute atomic E-state index is 12.8. The van der Waals surface area contributed by atoms with Crippen molar-refractivity contribution < 1.29 is 19.1 Å². The number of ketones is 1. The van der Waals surface area contributed by atoms with Gasteiger partial charge in [-0.05, 0) is 43.9 Å². The molecule has 0 N–H and O–H groups in total. The fraction of sp³-hybridized carbons (Fsp3) is 0.476. The molecule has 3 rings (SSSR count). The lowest BCUT2D eigenvalue weighted by Crippen LogP contribution is -2.39. The van der Waals surface area contributed by atoms with Crippen LogP contribution in [0.25, 0.3) is 0 Å². The number of hydrogen-bond acceptors (Lipinski definition) is 5. The summed E-state index contributed by atoms with van der Waals surface area (Å²) in [6, 6.07) is 7.58.